The molecule has 32 heavy (non-hydrogen) atoms. The number of fused-ring (bicyclic) bond motifs is 1. The molecule has 1 aliphatic rings. The van der Waals surface area contributed by atoms with E-state index in [0.717, 1.165) is 36.1 Å². The van der Waals surface area contributed by atoms with E-state index in [0.29, 0.717) is 28.5 Å². The van der Waals surface area contributed by atoms with Gasteiger partial charge >= 0.3 is 6.09 Å². The number of alkyl carbamates (subject to hydrolysis) is 1. The maximum atomic E-state index is 12.3. The Morgan fingerprint density at radius 2 is 2.09 bits per heavy atom. The van der Waals surface area contributed by atoms with Gasteiger partial charge in [0.15, 0.2) is 11.6 Å². The molecule has 10 heteroatoms. The first-order valence-corrected chi connectivity index (χ1v) is 11.4. The first-order valence-electron chi connectivity index (χ1n) is 10.6. The molecule has 1 atom stereocenters. The van der Waals surface area contributed by atoms with Crippen molar-refractivity contribution in [2.75, 3.05) is 23.7 Å². The number of nitrogens with two attached hydrogens (primary N) is 1. The fourth-order valence-electron chi connectivity index (χ4n) is 4.04. The van der Waals surface area contributed by atoms with Gasteiger partial charge in [0.1, 0.15) is 15.9 Å². The van der Waals surface area contributed by atoms with Crippen LogP contribution in [0.3, 0.4) is 0 Å². The van der Waals surface area contributed by atoms with Crippen LogP contribution < -0.4 is 16.0 Å². The normalized spacial score (nSPS) is 16.9. The second-order valence-corrected chi connectivity index (χ2v) is 9.81. The van der Waals surface area contributed by atoms with Crippen LogP contribution in [0.15, 0.2) is 29.0 Å². The van der Waals surface area contributed by atoms with Crippen LogP contribution in [0.25, 0.3) is 22.6 Å². The second kappa shape index (κ2) is 8.57. The Kier molecular flexibility index (Phi) is 5.98. The number of rotatable bonds is 3. The number of anilines is 2. The lowest BCUT2D eigenvalue weighted by atomic mass is 10.0. The first kappa shape index (κ1) is 22.3. The van der Waals surface area contributed by atoms with Gasteiger partial charge in [0, 0.05) is 26.2 Å². The summed E-state index contributed by atoms with van der Waals surface area (Å²) in [5.41, 5.74) is 9.00. The molecule has 0 radical (unpaired) electrons. The maximum absolute atomic E-state index is 12.3. The Labute approximate surface area is 195 Å². The second-order valence-electron chi connectivity index (χ2n) is 9.00. The summed E-state index contributed by atoms with van der Waals surface area (Å²) in [6.07, 6.45) is 3.06. The summed E-state index contributed by atoms with van der Waals surface area (Å²) in [7, 11) is 1.95. The molecule has 9 nitrogen and oxygen atoms in total. The third-order valence-corrected chi connectivity index (χ3v) is 5.72. The predicted molar refractivity (Wildman–Crippen MR) is 128 cm³/mol. The van der Waals surface area contributed by atoms with Crippen molar-refractivity contribution < 1.29 is 9.53 Å². The number of nitrogen functional groups attached to an aromatic ring is 1. The molecule has 1 amide bonds. The number of para-hydroxylation sites is 1. The highest BCUT2D eigenvalue weighted by Gasteiger charge is 2.26. The average Bonchev–Trinajstić information content (AvgIpc) is 3.05. The number of nitrogens with one attached hydrogen (secondary N) is 1. The van der Waals surface area contributed by atoms with Gasteiger partial charge in [0.25, 0.3) is 0 Å². The number of halogens is 1. The lowest BCUT2D eigenvalue weighted by Gasteiger charge is -2.35. The Hall–Kier alpha value is -2.88. The zero-order valence-corrected chi connectivity index (χ0v) is 20.3. The number of carbonyl (C=O) groups excluding carboxylic acids is 1. The number of aryl methyl sites for hydroxylation is 1. The molecule has 170 valence electrons. The average molecular weight is 502 g/mol. The predicted octanol–water partition coefficient (Wildman–Crippen LogP) is 3.87. The summed E-state index contributed by atoms with van der Waals surface area (Å²) >= 11 is 3.36. The molecule has 3 aromatic rings. The molecule has 1 fully saturated rings. The van der Waals surface area contributed by atoms with Gasteiger partial charge in [-0.15, -0.1) is 0 Å². The van der Waals surface area contributed by atoms with Gasteiger partial charge in [-0.3, -0.25) is 0 Å². The highest BCUT2D eigenvalue weighted by Crippen LogP contribution is 2.33. The van der Waals surface area contributed by atoms with Gasteiger partial charge in [0.05, 0.1) is 22.9 Å². The summed E-state index contributed by atoms with van der Waals surface area (Å²) < 4.78 is 8.03. The molecule has 0 spiro atoms. The minimum absolute atomic E-state index is 0.00754. The molecule has 3 N–H and O–H groups in total. The Morgan fingerprint density at radius 1 is 1.31 bits per heavy atom. The Morgan fingerprint density at radius 3 is 2.84 bits per heavy atom. The summed E-state index contributed by atoms with van der Waals surface area (Å²) in [5.74, 6) is 0.979. The third-order valence-electron chi connectivity index (χ3n) is 5.34. The standard InChI is InChI=1S/C22H28BrN7O2/c1-22(2,3)32-21(31)26-13-7-6-10-30(12-13)15-9-5-8-14-18(15)29(4)20(27-14)17-19(24)25-11-16(23)28-17/h5,8-9,11,13H,6-7,10,12H2,1-4H3,(H2,24,25)(H,26,31)/t13-/m0/s1. The Bertz CT molecular complexity index is 1160. The van der Waals surface area contributed by atoms with Gasteiger partial charge in [-0.2, -0.15) is 0 Å². The van der Waals surface area contributed by atoms with Crippen molar-refractivity contribution in [1.82, 2.24) is 24.8 Å². The van der Waals surface area contributed by atoms with Crippen LogP contribution in [-0.4, -0.2) is 50.3 Å². The summed E-state index contributed by atoms with van der Waals surface area (Å²) in [5, 5.41) is 3.02. The Balaban J connectivity index is 1.64. The zero-order chi connectivity index (χ0) is 23.0. The molecule has 0 bridgehead atoms. The molecule has 4 rings (SSSR count). The zero-order valence-electron chi connectivity index (χ0n) is 18.7. The minimum Gasteiger partial charge on any atom is -0.444 e. The van der Waals surface area contributed by atoms with Crippen LogP contribution >= 0.6 is 15.9 Å². The third kappa shape index (κ3) is 4.64. The summed E-state index contributed by atoms with van der Waals surface area (Å²) in [6, 6.07) is 6.06. The maximum Gasteiger partial charge on any atom is 0.407 e. The van der Waals surface area contributed by atoms with Gasteiger partial charge in [0.2, 0.25) is 0 Å². The van der Waals surface area contributed by atoms with E-state index in [-0.39, 0.29) is 12.1 Å². The number of aromatic nitrogens is 4. The van der Waals surface area contributed by atoms with E-state index in [1.807, 2.05) is 44.5 Å². The number of piperidine rings is 1. The lowest BCUT2D eigenvalue weighted by Crippen LogP contribution is -2.49. The van der Waals surface area contributed by atoms with Gasteiger partial charge in [-0.1, -0.05) is 6.07 Å². The number of imidazole rings is 1. The van der Waals surface area contributed by atoms with Crippen LogP contribution in [0.4, 0.5) is 16.3 Å². The van der Waals surface area contributed by atoms with Gasteiger partial charge in [-0.05, 0) is 61.7 Å². The number of nitrogens with zero attached hydrogens (tertiary/aromatic N) is 5. The number of carbonyl (C=O) groups is 1. The van der Waals surface area contributed by atoms with E-state index < -0.39 is 5.60 Å². The van der Waals surface area contributed by atoms with E-state index in [1.54, 1.807) is 6.20 Å². The summed E-state index contributed by atoms with van der Waals surface area (Å²) in [4.78, 5) is 28.0. The number of benzene rings is 1. The number of hydrogen-bond acceptors (Lipinski definition) is 7. The van der Waals surface area contributed by atoms with Gasteiger partial charge in [-0.25, -0.2) is 19.7 Å². The molecular weight excluding hydrogens is 474 g/mol. The fraction of sp³-hybridized carbons (Fsp3) is 0.455. The molecule has 0 unspecified atom stereocenters. The van der Waals surface area contributed by atoms with Crippen molar-refractivity contribution in [2.24, 2.45) is 7.05 Å². The van der Waals surface area contributed by atoms with Crippen LogP contribution in [0.5, 0.6) is 0 Å². The molecule has 1 aromatic carbocycles. The lowest BCUT2D eigenvalue weighted by molar-refractivity contribution is 0.0500. The van der Waals surface area contributed by atoms with Crippen LogP contribution in [0, 0.1) is 0 Å². The highest BCUT2D eigenvalue weighted by atomic mass is 79.9. The van der Waals surface area contributed by atoms with E-state index in [2.05, 4.69) is 42.2 Å². The van der Waals surface area contributed by atoms with Crippen molar-refractivity contribution in [2.45, 2.75) is 45.3 Å². The van der Waals surface area contributed by atoms with Crippen LogP contribution in [-0.2, 0) is 11.8 Å². The van der Waals surface area contributed by atoms with E-state index >= 15 is 0 Å². The number of ether oxygens (including phenoxy) is 1. The molecule has 3 heterocycles. The number of amides is 1. The van der Waals surface area contributed by atoms with Crippen molar-refractivity contribution in [3.8, 4) is 11.5 Å². The molecule has 0 aliphatic carbocycles. The van der Waals surface area contributed by atoms with E-state index in [9.17, 15) is 4.79 Å². The number of hydrogen-bond donors (Lipinski definition) is 2. The van der Waals surface area contributed by atoms with Crippen LogP contribution in [0.2, 0.25) is 0 Å². The van der Waals surface area contributed by atoms with Crippen molar-refractivity contribution in [1.29, 1.82) is 0 Å². The fourth-order valence-corrected chi connectivity index (χ4v) is 4.32. The molecular formula is C22H28BrN7O2. The van der Waals surface area contributed by atoms with Crippen molar-refractivity contribution in [3.05, 3.63) is 29.0 Å². The smallest absolute Gasteiger partial charge is 0.407 e. The van der Waals surface area contributed by atoms with Crippen molar-refractivity contribution >= 4 is 44.6 Å². The minimum atomic E-state index is -0.522. The summed E-state index contributed by atoms with van der Waals surface area (Å²) in [6.45, 7) is 7.18. The van der Waals surface area contributed by atoms with Crippen molar-refractivity contribution in [3.63, 3.8) is 0 Å². The molecule has 0 saturated carbocycles. The molecule has 1 aliphatic heterocycles. The molecule has 2 aromatic heterocycles. The van der Waals surface area contributed by atoms with E-state index in [1.165, 1.54) is 0 Å². The molecule has 1 saturated heterocycles. The first-order chi connectivity index (χ1) is 15.1. The van der Waals surface area contributed by atoms with E-state index in [4.69, 9.17) is 15.5 Å². The SMILES string of the molecule is Cn1c(-c2nc(Br)cnc2N)nc2cccc(N3CCC[C@H](NC(=O)OC(C)(C)C)C3)c21. The van der Waals surface area contributed by atoms with Gasteiger partial charge < -0.3 is 25.3 Å². The van der Waals surface area contributed by atoms with Crippen LogP contribution in [0.1, 0.15) is 33.6 Å². The quantitative estimate of drug-likeness (QED) is 0.560. The largest absolute Gasteiger partial charge is 0.444 e. The monoisotopic (exact) mass is 501 g/mol. The topological polar surface area (TPSA) is 111 Å². The highest BCUT2D eigenvalue weighted by molar-refractivity contribution is 9.10.